The van der Waals surface area contributed by atoms with E-state index in [1.807, 2.05) is 18.2 Å². The van der Waals surface area contributed by atoms with Crippen molar-refractivity contribution in [3.05, 3.63) is 71.7 Å². The predicted octanol–water partition coefficient (Wildman–Crippen LogP) is 4.73. The zero-order valence-electron chi connectivity index (χ0n) is 15.5. The summed E-state index contributed by atoms with van der Waals surface area (Å²) in [5, 5.41) is 4.71. The fourth-order valence-corrected chi connectivity index (χ4v) is 3.14. The summed E-state index contributed by atoms with van der Waals surface area (Å²) < 4.78 is 21.7. The molecule has 3 nitrogen and oxygen atoms in total. The summed E-state index contributed by atoms with van der Waals surface area (Å²) >= 11 is 0. The van der Waals surface area contributed by atoms with Crippen molar-refractivity contribution in [3.8, 4) is 0 Å². The van der Waals surface area contributed by atoms with E-state index in [2.05, 4.69) is 48.1 Å². The van der Waals surface area contributed by atoms with Crippen LogP contribution in [0.3, 0.4) is 0 Å². The van der Waals surface area contributed by atoms with Gasteiger partial charge in [0.2, 0.25) is 0 Å². The lowest BCUT2D eigenvalue weighted by molar-refractivity contribution is 0.0770. The van der Waals surface area contributed by atoms with E-state index in [0.29, 0.717) is 12.1 Å². The van der Waals surface area contributed by atoms with Crippen LogP contribution in [0, 0.1) is 5.82 Å². The van der Waals surface area contributed by atoms with E-state index in [0.717, 1.165) is 31.6 Å². The maximum Gasteiger partial charge on any atom is 0.128 e. The first-order valence-electron chi connectivity index (χ1n) is 9.27. The molecule has 2 aromatic carbocycles. The molecular formula is C22H27FN2O. The predicted molar refractivity (Wildman–Crippen MR) is 105 cm³/mol. The van der Waals surface area contributed by atoms with Crippen molar-refractivity contribution in [2.24, 2.45) is 0 Å². The van der Waals surface area contributed by atoms with E-state index in [1.54, 1.807) is 6.07 Å². The molecule has 138 valence electrons. The second-order valence-electron chi connectivity index (χ2n) is 6.84. The third-order valence-corrected chi connectivity index (χ3v) is 4.43. The van der Waals surface area contributed by atoms with E-state index in [9.17, 15) is 4.39 Å². The van der Waals surface area contributed by atoms with Crippen LogP contribution in [0.15, 0.2) is 54.7 Å². The Labute approximate surface area is 154 Å². The molecule has 0 aliphatic heterocycles. The molecule has 1 N–H and O–H groups in total. The number of halogens is 1. The quantitative estimate of drug-likeness (QED) is 0.562. The van der Waals surface area contributed by atoms with Gasteiger partial charge >= 0.3 is 0 Å². The van der Waals surface area contributed by atoms with Crippen molar-refractivity contribution in [3.63, 3.8) is 0 Å². The van der Waals surface area contributed by atoms with Crippen LogP contribution in [0.5, 0.6) is 0 Å². The number of aromatic nitrogens is 1. The van der Waals surface area contributed by atoms with Crippen molar-refractivity contribution < 1.29 is 9.13 Å². The molecule has 0 spiro atoms. The van der Waals surface area contributed by atoms with Crippen LogP contribution >= 0.6 is 0 Å². The van der Waals surface area contributed by atoms with Gasteiger partial charge in [0, 0.05) is 35.8 Å². The first kappa shape index (κ1) is 18.6. The molecule has 4 heteroatoms. The second kappa shape index (κ2) is 8.97. The Balaban J connectivity index is 1.68. The molecule has 1 aromatic heterocycles. The highest BCUT2D eigenvalue weighted by atomic mass is 19.1. The van der Waals surface area contributed by atoms with Gasteiger partial charge in [0.1, 0.15) is 5.82 Å². The van der Waals surface area contributed by atoms with Crippen LogP contribution in [-0.2, 0) is 17.8 Å². The molecular weight excluding hydrogens is 327 g/mol. The molecule has 0 unspecified atom stereocenters. The zero-order chi connectivity index (χ0) is 18.4. The Kier molecular flexibility index (Phi) is 6.42. The lowest BCUT2D eigenvalue weighted by Gasteiger charge is -2.08. The number of hydrogen-bond acceptors (Lipinski definition) is 2. The molecule has 26 heavy (non-hydrogen) atoms. The van der Waals surface area contributed by atoms with E-state index >= 15 is 0 Å². The Hall–Kier alpha value is -2.17. The van der Waals surface area contributed by atoms with Gasteiger partial charge in [-0.15, -0.1) is 0 Å². The number of nitrogens with one attached hydrogen (secondary N) is 1. The summed E-state index contributed by atoms with van der Waals surface area (Å²) in [5.74, 6) is -0.157. The van der Waals surface area contributed by atoms with Crippen LogP contribution in [0.2, 0.25) is 0 Å². The van der Waals surface area contributed by atoms with Gasteiger partial charge in [-0.05, 0) is 44.5 Å². The first-order chi connectivity index (χ1) is 12.6. The largest absolute Gasteiger partial charge is 0.379 e. The normalized spacial score (nSPS) is 11.5. The summed E-state index contributed by atoms with van der Waals surface area (Å²) in [6.45, 7) is 7.14. The number of nitrogens with zero attached hydrogens (tertiary/aromatic N) is 1. The standard InChI is InChI=1S/C22H27FN2O/c1-17(2)26-13-7-12-24-14-19-16-25(22-11-6-4-9-20(19)22)15-18-8-3-5-10-21(18)23/h3-6,8-11,16-17,24H,7,12-15H2,1-2H3. The van der Waals surface area contributed by atoms with Gasteiger partial charge in [0.05, 0.1) is 12.6 Å². The fraction of sp³-hybridized carbons (Fsp3) is 0.364. The molecule has 0 fully saturated rings. The SMILES string of the molecule is CC(C)OCCCNCc1cn(Cc2ccccc2F)c2ccccc12. The van der Waals surface area contributed by atoms with Crippen molar-refractivity contribution in [1.29, 1.82) is 0 Å². The topological polar surface area (TPSA) is 26.2 Å². The fourth-order valence-electron chi connectivity index (χ4n) is 3.14. The molecule has 0 aliphatic carbocycles. The third-order valence-electron chi connectivity index (χ3n) is 4.43. The number of ether oxygens (including phenoxy) is 1. The average Bonchev–Trinajstić information content (AvgIpc) is 2.98. The van der Waals surface area contributed by atoms with Crippen molar-refractivity contribution in [2.75, 3.05) is 13.2 Å². The zero-order valence-corrected chi connectivity index (χ0v) is 15.5. The van der Waals surface area contributed by atoms with E-state index in [4.69, 9.17) is 4.74 Å². The van der Waals surface area contributed by atoms with Crippen LogP contribution < -0.4 is 5.32 Å². The minimum atomic E-state index is -0.157. The van der Waals surface area contributed by atoms with Gasteiger partial charge in [-0.25, -0.2) is 4.39 Å². The van der Waals surface area contributed by atoms with Gasteiger partial charge in [-0.2, -0.15) is 0 Å². The molecule has 0 bridgehead atoms. The van der Waals surface area contributed by atoms with Gasteiger partial charge in [0.25, 0.3) is 0 Å². The molecule has 0 saturated carbocycles. The Morgan fingerprint density at radius 1 is 1.04 bits per heavy atom. The second-order valence-corrected chi connectivity index (χ2v) is 6.84. The Morgan fingerprint density at radius 2 is 1.81 bits per heavy atom. The monoisotopic (exact) mass is 354 g/mol. The number of para-hydroxylation sites is 1. The van der Waals surface area contributed by atoms with Gasteiger partial charge in [0.15, 0.2) is 0 Å². The Bertz CT molecular complexity index is 841. The average molecular weight is 354 g/mol. The molecule has 0 amide bonds. The number of benzene rings is 2. The first-order valence-corrected chi connectivity index (χ1v) is 9.27. The molecule has 3 rings (SSSR count). The molecule has 0 radical (unpaired) electrons. The molecule has 0 saturated heterocycles. The maximum absolute atomic E-state index is 14.0. The number of fused-ring (bicyclic) bond motifs is 1. The van der Waals surface area contributed by atoms with Crippen molar-refractivity contribution >= 4 is 10.9 Å². The lowest BCUT2D eigenvalue weighted by atomic mass is 10.2. The lowest BCUT2D eigenvalue weighted by Crippen LogP contribution is -2.17. The van der Waals surface area contributed by atoms with E-state index in [-0.39, 0.29) is 11.9 Å². The Morgan fingerprint density at radius 3 is 2.62 bits per heavy atom. The highest BCUT2D eigenvalue weighted by molar-refractivity contribution is 5.84. The van der Waals surface area contributed by atoms with E-state index < -0.39 is 0 Å². The number of hydrogen-bond donors (Lipinski definition) is 1. The summed E-state index contributed by atoms with van der Waals surface area (Å²) in [4.78, 5) is 0. The van der Waals surface area contributed by atoms with E-state index in [1.165, 1.54) is 17.0 Å². The van der Waals surface area contributed by atoms with Gasteiger partial charge in [-0.1, -0.05) is 36.4 Å². The summed E-state index contributed by atoms with van der Waals surface area (Å²) in [6, 6.07) is 15.3. The smallest absolute Gasteiger partial charge is 0.128 e. The van der Waals surface area contributed by atoms with Crippen molar-refractivity contribution in [2.45, 2.75) is 39.5 Å². The van der Waals surface area contributed by atoms with Crippen LogP contribution in [0.4, 0.5) is 4.39 Å². The molecule has 0 atom stereocenters. The van der Waals surface area contributed by atoms with Crippen LogP contribution in [0.1, 0.15) is 31.4 Å². The maximum atomic E-state index is 14.0. The molecule has 0 aliphatic rings. The number of rotatable bonds is 9. The van der Waals surface area contributed by atoms with Crippen molar-refractivity contribution in [1.82, 2.24) is 9.88 Å². The highest BCUT2D eigenvalue weighted by Crippen LogP contribution is 2.23. The van der Waals surface area contributed by atoms with Gasteiger partial charge < -0.3 is 14.6 Å². The summed E-state index contributed by atoms with van der Waals surface area (Å²) in [6.07, 6.45) is 3.41. The minimum Gasteiger partial charge on any atom is -0.379 e. The summed E-state index contributed by atoms with van der Waals surface area (Å²) in [5.41, 5.74) is 3.08. The van der Waals surface area contributed by atoms with Crippen LogP contribution in [0.25, 0.3) is 10.9 Å². The minimum absolute atomic E-state index is 0.157. The summed E-state index contributed by atoms with van der Waals surface area (Å²) in [7, 11) is 0. The third kappa shape index (κ3) is 4.71. The molecule has 1 heterocycles. The van der Waals surface area contributed by atoms with Crippen LogP contribution in [-0.4, -0.2) is 23.8 Å². The highest BCUT2D eigenvalue weighted by Gasteiger charge is 2.10. The van der Waals surface area contributed by atoms with Gasteiger partial charge in [-0.3, -0.25) is 0 Å². The molecule has 3 aromatic rings.